The molecule has 7 heteroatoms. The number of hydrogen-bond acceptors (Lipinski definition) is 6. The molecule has 0 aromatic heterocycles. The first kappa shape index (κ1) is 18.6. The van der Waals surface area contributed by atoms with Gasteiger partial charge in [0, 0.05) is 5.02 Å². The van der Waals surface area contributed by atoms with Crippen molar-refractivity contribution in [3.05, 3.63) is 53.1 Å². The van der Waals surface area contributed by atoms with Crippen LogP contribution in [0.2, 0.25) is 5.02 Å². The molecule has 0 heterocycles. The van der Waals surface area contributed by atoms with Gasteiger partial charge in [0.15, 0.2) is 18.1 Å². The third-order valence-electron chi connectivity index (χ3n) is 3.09. The van der Waals surface area contributed by atoms with Crippen molar-refractivity contribution in [2.75, 3.05) is 25.7 Å². The van der Waals surface area contributed by atoms with Gasteiger partial charge in [0.25, 0.3) is 0 Å². The second-order valence-corrected chi connectivity index (χ2v) is 5.32. The van der Waals surface area contributed by atoms with E-state index in [1.165, 1.54) is 7.11 Å². The van der Waals surface area contributed by atoms with Crippen molar-refractivity contribution in [3.63, 3.8) is 0 Å². The highest BCUT2D eigenvalue weighted by Gasteiger charge is 2.08. The van der Waals surface area contributed by atoms with Crippen LogP contribution in [0.4, 0.5) is 5.69 Å². The fourth-order valence-electron chi connectivity index (χ4n) is 1.93. The van der Waals surface area contributed by atoms with Crippen molar-refractivity contribution in [1.82, 2.24) is 0 Å². The summed E-state index contributed by atoms with van der Waals surface area (Å²) in [6.45, 7) is 1.88. The fourth-order valence-corrected chi connectivity index (χ4v) is 2.05. The molecule has 132 valence electrons. The van der Waals surface area contributed by atoms with E-state index < -0.39 is 5.97 Å². The zero-order valence-electron chi connectivity index (χ0n) is 14.0. The van der Waals surface area contributed by atoms with Crippen LogP contribution >= 0.6 is 11.6 Å². The van der Waals surface area contributed by atoms with Crippen molar-refractivity contribution in [2.24, 2.45) is 5.10 Å². The Hall–Kier alpha value is -2.73. The number of benzene rings is 2. The van der Waals surface area contributed by atoms with E-state index in [1.807, 2.05) is 12.1 Å². The second kappa shape index (κ2) is 9.54. The van der Waals surface area contributed by atoms with Gasteiger partial charge in [0.1, 0.15) is 0 Å². The molecule has 0 saturated heterocycles. The van der Waals surface area contributed by atoms with E-state index >= 15 is 0 Å². The Kier molecular flexibility index (Phi) is 7.10. The lowest BCUT2D eigenvalue weighted by molar-refractivity contribution is -0.145. The second-order valence-electron chi connectivity index (χ2n) is 4.88. The highest BCUT2D eigenvalue weighted by atomic mass is 35.5. The highest BCUT2D eigenvalue weighted by molar-refractivity contribution is 6.30. The number of carbonyl (C=O) groups excluding carboxylic acids is 1. The van der Waals surface area contributed by atoms with E-state index in [4.69, 9.17) is 25.8 Å². The van der Waals surface area contributed by atoms with Gasteiger partial charge in [-0.1, -0.05) is 11.6 Å². The zero-order chi connectivity index (χ0) is 18.1. The van der Waals surface area contributed by atoms with Gasteiger partial charge in [-0.15, -0.1) is 0 Å². The van der Waals surface area contributed by atoms with Crippen LogP contribution in [0.5, 0.6) is 11.5 Å². The van der Waals surface area contributed by atoms with Gasteiger partial charge in [0.2, 0.25) is 0 Å². The van der Waals surface area contributed by atoms with Gasteiger partial charge in [-0.25, -0.2) is 4.79 Å². The van der Waals surface area contributed by atoms with Crippen molar-refractivity contribution < 1.29 is 19.0 Å². The Labute approximate surface area is 151 Å². The minimum absolute atomic E-state index is 0.171. The molecule has 0 aliphatic carbocycles. The third-order valence-corrected chi connectivity index (χ3v) is 3.34. The van der Waals surface area contributed by atoms with Crippen LogP contribution in [-0.2, 0) is 9.53 Å². The monoisotopic (exact) mass is 362 g/mol. The largest absolute Gasteiger partial charge is 0.493 e. The number of nitrogens with zero attached hydrogens (tertiary/aromatic N) is 1. The van der Waals surface area contributed by atoms with Gasteiger partial charge in [-0.2, -0.15) is 5.10 Å². The molecule has 0 amide bonds. The molecule has 2 aromatic carbocycles. The van der Waals surface area contributed by atoms with Crippen LogP contribution in [0.25, 0.3) is 0 Å². The summed E-state index contributed by atoms with van der Waals surface area (Å²) in [5.41, 5.74) is 4.53. The smallest absolute Gasteiger partial charge is 0.344 e. The fraction of sp³-hybridized carbons (Fsp3) is 0.222. The van der Waals surface area contributed by atoms with E-state index in [0.717, 1.165) is 11.3 Å². The van der Waals surface area contributed by atoms with E-state index in [2.05, 4.69) is 10.5 Å². The van der Waals surface area contributed by atoms with Gasteiger partial charge >= 0.3 is 5.97 Å². The summed E-state index contributed by atoms with van der Waals surface area (Å²) in [5, 5.41) is 4.82. The Morgan fingerprint density at radius 1 is 1.20 bits per heavy atom. The number of nitrogens with one attached hydrogen (secondary N) is 1. The summed E-state index contributed by atoms with van der Waals surface area (Å²) >= 11 is 5.83. The van der Waals surface area contributed by atoms with Crippen LogP contribution in [-0.4, -0.2) is 32.5 Å². The predicted octanol–water partition coefficient (Wildman–Crippen LogP) is 3.74. The Bertz CT molecular complexity index is 732. The molecule has 0 aliphatic rings. The molecular formula is C18H19ClN2O4. The predicted molar refractivity (Wildman–Crippen MR) is 97.8 cm³/mol. The average molecular weight is 363 g/mol. The number of methoxy groups -OCH3 is 1. The summed E-state index contributed by atoms with van der Waals surface area (Å²) in [7, 11) is 1.53. The van der Waals surface area contributed by atoms with E-state index in [0.29, 0.717) is 23.1 Å². The lowest BCUT2D eigenvalue weighted by Crippen LogP contribution is -2.14. The number of carbonyl (C=O) groups is 1. The first-order valence-corrected chi connectivity index (χ1v) is 8.01. The maximum absolute atomic E-state index is 11.4. The normalized spacial score (nSPS) is 10.5. The maximum Gasteiger partial charge on any atom is 0.344 e. The van der Waals surface area contributed by atoms with Gasteiger partial charge < -0.3 is 14.2 Å². The van der Waals surface area contributed by atoms with Crippen molar-refractivity contribution in [1.29, 1.82) is 0 Å². The molecule has 0 unspecified atom stereocenters. The van der Waals surface area contributed by atoms with Crippen LogP contribution in [0.15, 0.2) is 47.6 Å². The summed E-state index contributed by atoms with van der Waals surface area (Å²) in [4.78, 5) is 11.4. The zero-order valence-corrected chi connectivity index (χ0v) is 14.7. The number of anilines is 1. The lowest BCUT2D eigenvalue weighted by atomic mass is 10.2. The molecule has 0 spiro atoms. The lowest BCUT2D eigenvalue weighted by Gasteiger charge is -2.10. The van der Waals surface area contributed by atoms with Gasteiger partial charge in [0.05, 0.1) is 25.6 Å². The Morgan fingerprint density at radius 3 is 2.64 bits per heavy atom. The third kappa shape index (κ3) is 6.00. The summed E-state index contributed by atoms with van der Waals surface area (Å²) < 4.78 is 15.5. The van der Waals surface area contributed by atoms with Crippen LogP contribution in [0, 0.1) is 0 Å². The first-order valence-electron chi connectivity index (χ1n) is 7.63. The van der Waals surface area contributed by atoms with E-state index in [-0.39, 0.29) is 6.61 Å². The minimum atomic E-state index is -0.428. The summed E-state index contributed by atoms with van der Waals surface area (Å²) in [5.74, 6) is 0.528. The molecular weight excluding hydrogens is 344 g/mol. The topological polar surface area (TPSA) is 69.2 Å². The molecule has 0 atom stereocenters. The Balaban J connectivity index is 1.98. The molecule has 0 aliphatic heterocycles. The number of ether oxygens (including phenoxy) is 3. The highest BCUT2D eigenvalue weighted by Crippen LogP contribution is 2.27. The molecule has 0 bridgehead atoms. The van der Waals surface area contributed by atoms with Gasteiger partial charge in [-0.05, 0) is 55.0 Å². The Morgan fingerprint density at radius 2 is 1.96 bits per heavy atom. The molecule has 1 N–H and O–H groups in total. The number of esters is 1. The molecule has 6 nitrogen and oxygen atoms in total. The molecule has 2 rings (SSSR count). The van der Waals surface area contributed by atoms with Crippen molar-refractivity contribution in [2.45, 2.75) is 6.92 Å². The molecule has 0 saturated carbocycles. The summed E-state index contributed by atoms with van der Waals surface area (Å²) in [6, 6.07) is 12.5. The number of hydrogen-bond donors (Lipinski definition) is 1. The summed E-state index contributed by atoms with van der Waals surface area (Å²) in [6.07, 6.45) is 1.65. The van der Waals surface area contributed by atoms with Crippen LogP contribution < -0.4 is 14.9 Å². The number of hydrazone groups is 1. The van der Waals surface area contributed by atoms with Crippen molar-refractivity contribution >= 4 is 29.5 Å². The SMILES string of the molecule is CCOC(=O)COc1ccc(/C=N\Nc2ccc(Cl)cc2)cc1OC. The standard InChI is InChI=1S/C18H19ClN2O4/c1-3-24-18(22)12-25-16-9-4-13(10-17(16)23-2)11-20-21-15-7-5-14(19)6-8-15/h4-11,21H,3,12H2,1-2H3/b20-11-. The quantitative estimate of drug-likeness (QED) is 0.440. The minimum Gasteiger partial charge on any atom is -0.493 e. The first-order chi connectivity index (χ1) is 12.1. The number of rotatable bonds is 8. The molecule has 0 fully saturated rings. The van der Waals surface area contributed by atoms with Gasteiger partial charge in [-0.3, -0.25) is 5.43 Å². The van der Waals surface area contributed by atoms with E-state index in [9.17, 15) is 4.79 Å². The van der Waals surface area contributed by atoms with Crippen LogP contribution in [0.1, 0.15) is 12.5 Å². The number of halogens is 1. The van der Waals surface area contributed by atoms with E-state index in [1.54, 1.807) is 43.5 Å². The maximum atomic E-state index is 11.4. The molecule has 2 aromatic rings. The van der Waals surface area contributed by atoms with Crippen molar-refractivity contribution in [3.8, 4) is 11.5 Å². The average Bonchev–Trinajstić information content (AvgIpc) is 2.62. The van der Waals surface area contributed by atoms with Crippen LogP contribution in [0.3, 0.4) is 0 Å². The molecule has 25 heavy (non-hydrogen) atoms. The molecule has 0 radical (unpaired) electrons.